The van der Waals surface area contributed by atoms with E-state index >= 15 is 47.1 Å². The predicted octanol–water partition coefficient (Wildman–Crippen LogP) is 2.42. The average molecular weight is 1840 g/mol. The Balaban J connectivity index is 0.0000235. The van der Waals surface area contributed by atoms with Gasteiger partial charge in [0.2, 0.25) is 82.7 Å². The van der Waals surface area contributed by atoms with Crippen molar-refractivity contribution in [3.8, 4) is 11.5 Å². The monoisotopic (exact) mass is 1840 g/mol. The van der Waals surface area contributed by atoms with Crippen LogP contribution in [0, 0.1) is 29.3 Å². The molecular formula is C92H118F3N17O18S. The number of aliphatic hydroxyl groups is 1. The minimum Gasteiger partial charge on any atom is -0.508 e. The predicted molar refractivity (Wildman–Crippen MR) is 482 cm³/mol. The van der Waals surface area contributed by atoms with E-state index in [1.165, 1.54) is 105 Å². The summed E-state index contributed by atoms with van der Waals surface area (Å²) in [5, 5.41) is 55.2. The van der Waals surface area contributed by atoms with Gasteiger partial charge < -0.3 is 109 Å². The van der Waals surface area contributed by atoms with Gasteiger partial charge in [-0.15, -0.1) is 11.8 Å². The van der Waals surface area contributed by atoms with Crippen LogP contribution < -0.4 is 59.7 Å². The Morgan fingerprint density at radius 3 is 1.46 bits per heavy atom. The molecule has 0 radical (unpaired) electrons. The molecular weight excluding hydrogens is 1720 g/mol. The molecule has 0 bridgehead atoms. The highest BCUT2D eigenvalue weighted by Gasteiger charge is 2.43. The average Bonchev–Trinajstić information content (AvgIpc) is 1.75. The molecule has 39 heteroatoms. The number of aliphatic hydroxyl groups excluding tert-OH is 1. The number of aromatic nitrogens is 1. The first-order valence-corrected chi connectivity index (χ1v) is 43.5. The number of halogens is 3. The van der Waals surface area contributed by atoms with Crippen LogP contribution in [0.4, 0.5) is 13.2 Å². The molecule has 131 heavy (non-hydrogen) atoms. The summed E-state index contributed by atoms with van der Waals surface area (Å²) >= 11 is 0.692. The van der Waals surface area contributed by atoms with Crippen LogP contribution in [-0.2, 0) is 110 Å². The maximum Gasteiger partial charge on any atom is 0.246 e. The number of likely N-dealkylation sites (N-methyl/N-ethyl adjacent to an activating group) is 5. The molecule has 7 aromatic rings. The molecule has 18 N–H and O–H groups in total. The van der Waals surface area contributed by atoms with E-state index in [2.05, 4.69) is 52.8 Å². The quantitative estimate of drug-likeness (QED) is 0.0296. The molecule has 1 aromatic heterocycles. The number of hydrogen-bond donors (Lipinski definition) is 15. The molecule has 0 aliphatic carbocycles. The molecule has 0 saturated carbocycles. The number of phenols is 2. The molecule has 0 spiro atoms. The van der Waals surface area contributed by atoms with Gasteiger partial charge in [0, 0.05) is 103 Å². The number of thioether (sulfide) groups is 1. The number of rotatable bonds is 20. The summed E-state index contributed by atoms with van der Waals surface area (Å²) in [6.45, 7) is 9.92. The van der Waals surface area contributed by atoms with E-state index in [-0.39, 0.29) is 61.7 Å². The highest BCUT2D eigenvalue weighted by molar-refractivity contribution is 8.00. The molecule has 35 nitrogen and oxygen atoms in total. The molecule has 1 aliphatic heterocycles. The van der Waals surface area contributed by atoms with Crippen LogP contribution in [0.2, 0.25) is 0 Å². The van der Waals surface area contributed by atoms with Gasteiger partial charge >= 0.3 is 0 Å². The Morgan fingerprint density at radius 1 is 0.481 bits per heavy atom. The number of aromatic amines is 1. The Kier molecular flexibility index (Phi) is 39.1. The molecule has 1 fully saturated rings. The second-order valence-corrected chi connectivity index (χ2v) is 34.2. The minimum atomic E-state index is -1.86. The molecule has 1 aliphatic rings. The maximum absolute atomic E-state index is 15.5. The fourth-order valence-electron chi connectivity index (χ4n) is 14.6. The summed E-state index contributed by atoms with van der Waals surface area (Å²) in [5.41, 5.74) is 8.12. The molecule has 1 unspecified atom stereocenters. The van der Waals surface area contributed by atoms with Gasteiger partial charge in [-0.05, 0) is 115 Å². The number of aromatic hydroxyl groups is 2. The number of para-hydroxylation sites is 1. The van der Waals surface area contributed by atoms with Crippen molar-refractivity contribution in [3.63, 3.8) is 0 Å². The van der Waals surface area contributed by atoms with Crippen molar-refractivity contribution in [2.45, 2.75) is 185 Å². The number of phenolic OH excluding ortho intramolecular Hbond substituents is 2. The van der Waals surface area contributed by atoms with Crippen LogP contribution in [0.1, 0.15) is 94.7 Å². The van der Waals surface area contributed by atoms with E-state index in [1.807, 2.05) is 0 Å². The van der Waals surface area contributed by atoms with Gasteiger partial charge in [0.1, 0.15) is 103 Å². The summed E-state index contributed by atoms with van der Waals surface area (Å²) in [5.74, 6) is -21.3. The van der Waals surface area contributed by atoms with Gasteiger partial charge in [0.15, 0.2) is 17.5 Å². The zero-order chi connectivity index (χ0) is 95.7. The Hall–Kier alpha value is -13.3. The standard InChI is InChI=1S/C92H115F3N16O18S.H3N/c1-50(2)37-68-84(121)105-73(82(119)98-47-76(96)115)48-130-49-77(116)99-71(42-59-38-64(93)78(95)65(94)39-59)90(127)111(12)75(44-56-23-17-14-18-24-56)91(128)109(10)54(7)88(125)107(8)52(5)80(117)100-67(35-36-112)83(120)106-79(51(3)4)92(129)110(11)74(43-55-21-15-13-16-22-55)87(124)104-72(41-58-29-33-62(114)34-30-58)89(126)108(9)53(6)81(118)101-70(45-60-46-97-66-26-20-19-25-63(60)66)86(123)103-69(85(122)102-68)40-57-27-31-61(113)32-28-57;/h13-34,36,38-39,46,50-54,67-76,79,97,113-115H,35,37,40-45,47-49,96H2,1-12H3,(H,98,119)(H,99,116)(H,100,117)(H,101,118)(H,102,122)(H,103,123)(H,104,124)(H,105,121)(H,106,120);1H3/t52-,53-,54+,67+,68+,69+,70+,71+,72+,73+,74+,75+,76?,79+;/m1./s1. The molecule has 8 rings (SSSR count). The summed E-state index contributed by atoms with van der Waals surface area (Å²) in [6, 6.07) is 15.3. The number of aldehydes is 1. The SMILES string of the molecule is CC(C)C[C@@H]1NC(=O)[C@H](Cc2ccc(O)cc2)NC(=O)[C@H](Cc2c[nH]c3ccccc23)NC(=O)[C@@H](C)N(C)C(=O)[C@H](Cc2ccc(O)cc2)NC(=O)[C@H](Cc2ccccc2)N(C)C(=O)[C@H](C(C)C)NC(=O)[C@H](CC=O)NC(=O)[C@@H](C)N(C)C(=O)[C@H](C)N(C)C(=O)[C@H](Cc2ccccc2)N(C)C(=O)[C@H](Cc2cc(F)c(F)c(F)c2)NC(=O)CSC[C@@H](C(=O)NCC(N)O)NC1=O.N. The number of carbonyl (C=O) groups excluding carboxylic acids is 15. The number of carbonyl (C=O) groups is 15. The van der Waals surface area contributed by atoms with Crippen molar-refractivity contribution < 1.29 is 100 Å². The number of benzene rings is 6. The Morgan fingerprint density at radius 2 is 0.916 bits per heavy atom. The van der Waals surface area contributed by atoms with E-state index < -0.39 is 228 Å². The van der Waals surface area contributed by atoms with Crippen LogP contribution in [0.25, 0.3) is 10.9 Å². The van der Waals surface area contributed by atoms with E-state index in [4.69, 9.17) is 5.73 Å². The van der Waals surface area contributed by atoms with Gasteiger partial charge in [-0.25, -0.2) is 13.2 Å². The largest absolute Gasteiger partial charge is 0.508 e. The smallest absolute Gasteiger partial charge is 0.246 e. The summed E-state index contributed by atoms with van der Waals surface area (Å²) in [4.78, 5) is 230. The van der Waals surface area contributed by atoms with Gasteiger partial charge in [-0.3, -0.25) is 67.1 Å². The molecule has 1 saturated heterocycles. The number of nitrogens with two attached hydrogens (primary N) is 1. The van der Waals surface area contributed by atoms with Crippen LogP contribution in [0.5, 0.6) is 11.5 Å². The molecule has 706 valence electrons. The molecule has 14 atom stereocenters. The Labute approximate surface area is 761 Å². The lowest BCUT2D eigenvalue weighted by atomic mass is 9.98. The highest BCUT2D eigenvalue weighted by atomic mass is 32.2. The lowest BCUT2D eigenvalue weighted by molar-refractivity contribution is -0.151. The fourth-order valence-corrected chi connectivity index (χ4v) is 15.5. The lowest BCUT2D eigenvalue weighted by Crippen LogP contribution is -2.62. The fraction of sp³-hybridized carbons (Fsp3) is 0.424. The summed E-state index contributed by atoms with van der Waals surface area (Å²) in [6.07, 6.45) is -2.70. The number of hydrogen-bond acceptors (Lipinski definition) is 21. The lowest BCUT2D eigenvalue weighted by Gasteiger charge is -2.36. The van der Waals surface area contributed by atoms with Crippen molar-refractivity contribution in [2.75, 3.05) is 53.3 Å². The first-order chi connectivity index (χ1) is 61.5. The maximum atomic E-state index is 15.5. The van der Waals surface area contributed by atoms with Crippen molar-refractivity contribution in [3.05, 3.63) is 203 Å². The Bertz CT molecular complexity index is 5150. The second kappa shape index (κ2) is 48.9. The first kappa shape index (κ1) is 105. The van der Waals surface area contributed by atoms with Crippen LogP contribution in [0.15, 0.2) is 152 Å². The number of nitrogens with one attached hydrogen (secondary N) is 10. The van der Waals surface area contributed by atoms with E-state index in [1.54, 1.807) is 119 Å². The number of amides is 14. The zero-order valence-electron chi connectivity index (χ0n) is 75.1. The summed E-state index contributed by atoms with van der Waals surface area (Å²) < 4.78 is 44.8. The normalized spacial score (nSPS) is 23.1. The van der Waals surface area contributed by atoms with E-state index in [9.17, 15) is 53.3 Å². The first-order valence-electron chi connectivity index (χ1n) is 42.4. The van der Waals surface area contributed by atoms with Gasteiger partial charge in [-0.1, -0.05) is 131 Å². The van der Waals surface area contributed by atoms with Crippen LogP contribution >= 0.6 is 11.8 Å². The molecule has 14 amide bonds. The van der Waals surface area contributed by atoms with E-state index in [0.29, 0.717) is 68.9 Å². The second-order valence-electron chi connectivity index (χ2n) is 33.1. The number of H-pyrrole nitrogens is 1. The highest BCUT2D eigenvalue weighted by Crippen LogP contribution is 2.25. The van der Waals surface area contributed by atoms with Crippen molar-refractivity contribution in [1.29, 1.82) is 0 Å². The third-order valence-electron chi connectivity index (χ3n) is 22.7. The molecule has 6 aromatic carbocycles. The van der Waals surface area contributed by atoms with Crippen molar-refractivity contribution in [1.82, 2.24) is 83.5 Å². The van der Waals surface area contributed by atoms with Gasteiger partial charge in [-0.2, -0.15) is 0 Å². The number of nitrogens with zero attached hydrogens (tertiary/aromatic N) is 5. The van der Waals surface area contributed by atoms with Crippen molar-refractivity contribution >= 4 is 112 Å². The van der Waals surface area contributed by atoms with E-state index in [0.717, 1.165) is 24.5 Å². The zero-order valence-corrected chi connectivity index (χ0v) is 75.9. The van der Waals surface area contributed by atoms with Gasteiger partial charge in [0.05, 0.1) is 12.3 Å². The minimum absolute atomic E-state index is 0. The van der Waals surface area contributed by atoms with Crippen LogP contribution in [0.3, 0.4) is 0 Å². The third-order valence-corrected chi connectivity index (χ3v) is 23.7. The van der Waals surface area contributed by atoms with Crippen LogP contribution in [-0.4, -0.2) is 272 Å². The molecule has 2 heterocycles. The topological polar surface area (TPSA) is 518 Å². The third kappa shape index (κ3) is 29.4. The number of fused-ring (bicyclic) bond motifs is 1. The van der Waals surface area contributed by atoms with Crippen molar-refractivity contribution in [2.24, 2.45) is 17.6 Å². The summed E-state index contributed by atoms with van der Waals surface area (Å²) in [7, 11) is 6.17. The van der Waals surface area contributed by atoms with Gasteiger partial charge in [0.25, 0.3) is 0 Å².